The predicted molar refractivity (Wildman–Crippen MR) is 127 cm³/mol. The number of benzene rings is 2. The first kappa shape index (κ1) is 24.8. The number of carbonyl (C=O) groups is 1. The van der Waals surface area contributed by atoms with E-state index in [9.17, 15) is 22.0 Å². The van der Waals surface area contributed by atoms with Crippen LogP contribution in [0.25, 0.3) is 0 Å². The molecule has 0 spiro atoms. The van der Waals surface area contributed by atoms with Gasteiger partial charge in [-0.25, -0.2) is 17.2 Å². The third kappa shape index (κ3) is 5.83. The molecule has 3 aromatic rings. The largest absolute Gasteiger partial charge is 0.489 e. The van der Waals surface area contributed by atoms with E-state index in [1.807, 2.05) is 24.3 Å². The maximum Gasteiger partial charge on any atom is 0.253 e. The summed E-state index contributed by atoms with van der Waals surface area (Å²) in [5.74, 6) is -1.41. The topological polar surface area (TPSA) is 63.7 Å². The molecule has 0 bridgehead atoms. The molecule has 0 N–H and O–H groups in total. The molecule has 0 saturated carbocycles. The van der Waals surface area contributed by atoms with Gasteiger partial charge in [0, 0.05) is 31.2 Å². The third-order valence-corrected chi connectivity index (χ3v) is 9.22. The molecule has 2 heterocycles. The van der Waals surface area contributed by atoms with Gasteiger partial charge in [-0.15, -0.1) is 11.3 Å². The van der Waals surface area contributed by atoms with Crippen molar-refractivity contribution in [3.63, 3.8) is 0 Å². The van der Waals surface area contributed by atoms with Crippen LogP contribution < -0.4 is 4.74 Å². The van der Waals surface area contributed by atoms with E-state index in [4.69, 9.17) is 16.3 Å². The maximum absolute atomic E-state index is 13.3. The summed E-state index contributed by atoms with van der Waals surface area (Å²) < 4.78 is 59.7. The minimum atomic E-state index is -3.75. The van der Waals surface area contributed by atoms with Crippen LogP contribution in [0.1, 0.15) is 30.4 Å². The highest BCUT2D eigenvalue weighted by Gasteiger charge is 2.39. The van der Waals surface area contributed by atoms with Crippen molar-refractivity contribution in [3.05, 3.63) is 81.7 Å². The molecule has 1 aliphatic rings. The second kappa shape index (κ2) is 10.5. The summed E-state index contributed by atoms with van der Waals surface area (Å²) in [5.41, 5.74) is 1.73. The second-order valence-electron chi connectivity index (χ2n) is 8.01. The summed E-state index contributed by atoms with van der Waals surface area (Å²) >= 11 is 6.88. The van der Waals surface area contributed by atoms with Crippen molar-refractivity contribution in [3.8, 4) is 5.75 Å². The van der Waals surface area contributed by atoms with Gasteiger partial charge in [0.2, 0.25) is 0 Å². The van der Waals surface area contributed by atoms with Crippen LogP contribution in [0.15, 0.2) is 58.8 Å². The SMILES string of the molecule is O=C(CCc1ccc(COc2cc(F)cc(F)c2)cc1)[C@@H]1CCCN1S(=O)(=O)c1ccc(Cl)s1. The van der Waals surface area contributed by atoms with Crippen LogP contribution in [-0.4, -0.2) is 31.1 Å². The molecule has 4 rings (SSSR count). The van der Waals surface area contributed by atoms with Gasteiger partial charge in [0.1, 0.15) is 28.2 Å². The van der Waals surface area contributed by atoms with Crippen LogP contribution in [0, 0.1) is 11.6 Å². The van der Waals surface area contributed by atoms with Gasteiger partial charge in [-0.2, -0.15) is 4.31 Å². The third-order valence-electron chi connectivity index (χ3n) is 5.61. The lowest BCUT2D eigenvalue weighted by molar-refractivity contribution is -0.122. The number of Topliss-reactive ketones (excluding diaryl/α,β-unsaturated/α-hetero) is 1. The highest BCUT2D eigenvalue weighted by Crippen LogP contribution is 2.33. The van der Waals surface area contributed by atoms with E-state index < -0.39 is 27.7 Å². The fourth-order valence-electron chi connectivity index (χ4n) is 3.92. The molecular weight excluding hydrogens is 504 g/mol. The molecule has 0 amide bonds. The van der Waals surface area contributed by atoms with Gasteiger partial charge < -0.3 is 4.74 Å². The van der Waals surface area contributed by atoms with Crippen LogP contribution in [0.3, 0.4) is 0 Å². The molecule has 34 heavy (non-hydrogen) atoms. The first-order chi connectivity index (χ1) is 16.2. The normalized spacial score (nSPS) is 16.6. The second-order valence-corrected chi connectivity index (χ2v) is 11.8. The number of halogens is 3. The smallest absolute Gasteiger partial charge is 0.253 e. The number of hydrogen-bond donors (Lipinski definition) is 0. The quantitative estimate of drug-likeness (QED) is 0.364. The van der Waals surface area contributed by atoms with Gasteiger partial charge in [-0.1, -0.05) is 35.9 Å². The molecule has 1 aromatic heterocycles. The Kier molecular flexibility index (Phi) is 7.67. The number of ketones is 1. The van der Waals surface area contributed by atoms with E-state index in [2.05, 4.69) is 0 Å². The minimum absolute atomic E-state index is 0.105. The Morgan fingerprint density at radius 2 is 1.74 bits per heavy atom. The number of thiophene rings is 1. The standard InChI is InChI=1S/C24H22ClF2NO4S2/c25-23-9-10-24(33-23)34(30,31)28-11-1-2-21(28)22(29)8-7-16-3-5-17(6-4-16)15-32-20-13-18(26)12-19(27)14-20/h3-6,9-10,12-14,21H,1-2,7-8,11,15H2/t21-/m0/s1. The number of aryl methyl sites for hydroxylation is 1. The van der Waals surface area contributed by atoms with E-state index in [1.165, 1.54) is 16.4 Å². The van der Waals surface area contributed by atoms with Gasteiger partial charge >= 0.3 is 0 Å². The van der Waals surface area contributed by atoms with Gasteiger partial charge in [0.15, 0.2) is 5.78 Å². The summed E-state index contributed by atoms with van der Waals surface area (Å²) in [5, 5.41) is 0. The van der Waals surface area contributed by atoms with Gasteiger partial charge in [-0.05, 0) is 42.5 Å². The van der Waals surface area contributed by atoms with Crippen molar-refractivity contribution in [2.45, 2.75) is 42.5 Å². The zero-order valence-electron chi connectivity index (χ0n) is 18.0. The molecule has 180 valence electrons. The average molecular weight is 526 g/mol. The first-order valence-electron chi connectivity index (χ1n) is 10.7. The first-order valence-corrected chi connectivity index (χ1v) is 13.3. The van der Waals surface area contributed by atoms with E-state index in [-0.39, 0.29) is 28.8 Å². The lowest BCUT2D eigenvalue weighted by atomic mass is 10.0. The fraction of sp³-hybridized carbons (Fsp3) is 0.292. The van der Waals surface area contributed by atoms with Crippen LogP contribution in [0.5, 0.6) is 5.75 Å². The predicted octanol–water partition coefficient (Wildman–Crippen LogP) is 5.61. The van der Waals surface area contributed by atoms with E-state index in [1.54, 1.807) is 0 Å². The Bertz CT molecular complexity index is 1260. The van der Waals surface area contributed by atoms with Crippen molar-refractivity contribution in [1.82, 2.24) is 4.31 Å². The molecule has 2 aromatic carbocycles. The minimum Gasteiger partial charge on any atom is -0.489 e. The molecule has 1 aliphatic heterocycles. The zero-order valence-corrected chi connectivity index (χ0v) is 20.4. The number of ether oxygens (including phenoxy) is 1. The van der Waals surface area contributed by atoms with E-state index in [0.717, 1.165) is 40.7 Å². The van der Waals surface area contributed by atoms with Crippen molar-refractivity contribution < 1.29 is 26.7 Å². The van der Waals surface area contributed by atoms with Crippen molar-refractivity contribution in [2.24, 2.45) is 0 Å². The molecule has 0 radical (unpaired) electrons. The van der Waals surface area contributed by atoms with Gasteiger partial charge in [0.05, 0.1) is 10.4 Å². The summed E-state index contributed by atoms with van der Waals surface area (Å²) in [7, 11) is -3.75. The highest BCUT2D eigenvalue weighted by molar-refractivity contribution is 7.91. The van der Waals surface area contributed by atoms with Crippen LogP contribution in [0.4, 0.5) is 8.78 Å². The number of nitrogens with zero attached hydrogens (tertiary/aromatic N) is 1. The lowest BCUT2D eigenvalue weighted by Crippen LogP contribution is -2.40. The van der Waals surface area contributed by atoms with Crippen LogP contribution in [0.2, 0.25) is 4.34 Å². The zero-order chi connectivity index (χ0) is 24.3. The lowest BCUT2D eigenvalue weighted by Gasteiger charge is -2.22. The summed E-state index contributed by atoms with van der Waals surface area (Å²) in [4.78, 5) is 12.9. The van der Waals surface area contributed by atoms with Crippen LogP contribution >= 0.6 is 22.9 Å². The Hall–Kier alpha value is -2.33. The molecule has 0 aliphatic carbocycles. The monoisotopic (exact) mass is 525 g/mol. The summed E-state index contributed by atoms with van der Waals surface area (Å²) in [6, 6.07) is 12.7. The van der Waals surface area contributed by atoms with Crippen molar-refractivity contribution in [1.29, 1.82) is 0 Å². The Balaban J connectivity index is 1.32. The number of hydrogen-bond acceptors (Lipinski definition) is 5. The van der Waals surface area contributed by atoms with E-state index >= 15 is 0 Å². The summed E-state index contributed by atoms with van der Waals surface area (Å²) in [6.45, 7) is 0.460. The number of sulfonamides is 1. The highest BCUT2D eigenvalue weighted by atomic mass is 35.5. The van der Waals surface area contributed by atoms with Crippen molar-refractivity contribution >= 4 is 38.7 Å². The van der Waals surface area contributed by atoms with Crippen LogP contribution in [-0.2, 0) is 27.8 Å². The van der Waals surface area contributed by atoms with Gasteiger partial charge in [-0.3, -0.25) is 4.79 Å². The van der Waals surface area contributed by atoms with E-state index in [0.29, 0.717) is 30.1 Å². The molecule has 1 fully saturated rings. The molecule has 1 saturated heterocycles. The Morgan fingerprint density at radius 3 is 2.38 bits per heavy atom. The number of rotatable bonds is 9. The maximum atomic E-state index is 13.3. The molecule has 0 unspecified atom stereocenters. The Labute approximate surface area is 206 Å². The Morgan fingerprint density at radius 1 is 1.06 bits per heavy atom. The molecule has 10 heteroatoms. The number of carbonyl (C=O) groups excluding carboxylic acids is 1. The fourth-order valence-corrected chi connectivity index (χ4v) is 7.21. The van der Waals surface area contributed by atoms with Crippen molar-refractivity contribution in [2.75, 3.05) is 6.54 Å². The molecule has 1 atom stereocenters. The summed E-state index contributed by atoms with van der Waals surface area (Å²) in [6.07, 6.45) is 1.84. The molecular formula is C24H22ClF2NO4S2. The molecule has 5 nitrogen and oxygen atoms in total. The average Bonchev–Trinajstić information content (AvgIpc) is 3.46. The van der Waals surface area contributed by atoms with Gasteiger partial charge in [0.25, 0.3) is 10.0 Å².